The predicted molar refractivity (Wildman–Crippen MR) is 101 cm³/mol. The van der Waals surface area contributed by atoms with Gasteiger partial charge in [0.15, 0.2) is 0 Å². The highest BCUT2D eigenvalue weighted by Gasteiger charge is 2.13. The van der Waals surface area contributed by atoms with Crippen LogP contribution in [0.1, 0.15) is 11.1 Å². The van der Waals surface area contributed by atoms with Gasteiger partial charge in [0.25, 0.3) is 0 Å². The van der Waals surface area contributed by atoms with Crippen molar-refractivity contribution in [2.45, 2.75) is 13.0 Å². The summed E-state index contributed by atoms with van der Waals surface area (Å²) in [5, 5.41) is 4.21. The van der Waals surface area contributed by atoms with Crippen molar-refractivity contribution in [2.24, 2.45) is 0 Å². The summed E-state index contributed by atoms with van der Waals surface area (Å²) in [6, 6.07) is 12.9. The Kier molecular flexibility index (Phi) is 6.32. The molecule has 1 N–H and O–H groups in total. The maximum atomic E-state index is 12.2. The normalized spacial score (nSPS) is 15.1. The Morgan fingerprint density at radius 3 is 2.48 bits per heavy atom. The zero-order valence-corrected chi connectivity index (χ0v) is 15.3. The molecule has 2 aromatic rings. The summed E-state index contributed by atoms with van der Waals surface area (Å²) in [4.78, 5) is 14.5. The van der Waals surface area contributed by atoms with Crippen LogP contribution in [0, 0.1) is 0 Å². The molecule has 25 heavy (non-hydrogen) atoms. The number of benzene rings is 2. The van der Waals surface area contributed by atoms with E-state index in [1.807, 2.05) is 24.3 Å². The molecular formula is C19H20Cl2N2O2. The van der Waals surface area contributed by atoms with Crippen molar-refractivity contribution in [1.82, 2.24) is 4.90 Å². The number of ether oxygens (including phenoxy) is 1. The molecule has 4 nitrogen and oxygen atoms in total. The second-order valence-corrected chi connectivity index (χ2v) is 6.89. The minimum atomic E-state index is -0.0840. The van der Waals surface area contributed by atoms with E-state index in [1.165, 1.54) is 0 Å². The minimum Gasteiger partial charge on any atom is -0.379 e. The quantitative estimate of drug-likeness (QED) is 0.854. The van der Waals surface area contributed by atoms with E-state index >= 15 is 0 Å². The maximum absolute atomic E-state index is 12.2. The van der Waals surface area contributed by atoms with Gasteiger partial charge in [0.05, 0.1) is 19.6 Å². The lowest BCUT2D eigenvalue weighted by Crippen LogP contribution is -2.35. The lowest BCUT2D eigenvalue weighted by atomic mass is 10.1. The molecule has 0 atom stereocenters. The molecule has 1 amide bonds. The van der Waals surface area contributed by atoms with Gasteiger partial charge in [-0.1, -0.05) is 41.4 Å². The summed E-state index contributed by atoms with van der Waals surface area (Å²) >= 11 is 12.2. The highest BCUT2D eigenvalue weighted by atomic mass is 35.5. The maximum Gasteiger partial charge on any atom is 0.228 e. The zero-order valence-electron chi connectivity index (χ0n) is 13.8. The van der Waals surface area contributed by atoms with Crippen LogP contribution < -0.4 is 5.32 Å². The average Bonchev–Trinajstić information content (AvgIpc) is 2.60. The van der Waals surface area contributed by atoms with E-state index in [-0.39, 0.29) is 5.91 Å². The van der Waals surface area contributed by atoms with Crippen LogP contribution in [0.2, 0.25) is 10.0 Å². The fraction of sp³-hybridized carbons (Fsp3) is 0.316. The van der Waals surface area contributed by atoms with E-state index in [1.54, 1.807) is 18.2 Å². The van der Waals surface area contributed by atoms with Crippen LogP contribution in [0.5, 0.6) is 0 Å². The van der Waals surface area contributed by atoms with Crippen molar-refractivity contribution in [3.8, 4) is 0 Å². The van der Waals surface area contributed by atoms with Gasteiger partial charge in [0.2, 0.25) is 5.91 Å². The van der Waals surface area contributed by atoms with Crippen LogP contribution in [0.15, 0.2) is 42.5 Å². The highest BCUT2D eigenvalue weighted by Crippen LogP contribution is 2.23. The van der Waals surface area contributed by atoms with Crippen LogP contribution >= 0.6 is 23.2 Å². The molecule has 1 aliphatic heterocycles. The van der Waals surface area contributed by atoms with Gasteiger partial charge in [-0.3, -0.25) is 9.69 Å². The van der Waals surface area contributed by atoms with E-state index in [2.05, 4.69) is 10.2 Å². The fourth-order valence-electron chi connectivity index (χ4n) is 2.75. The molecule has 0 bridgehead atoms. The van der Waals surface area contributed by atoms with Gasteiger partial charge in [-0.15, -0.1) is 0 Å². The number of nitrogens with one attached hydrogen (secondary N) is 1. The number of halogens is 2. The lowest BCUT2D eigenvalue weighted by Gasteiger charge is -2.27. The fourth-order valence-corrected chi connectivity index (χ4v) is 3.11. The Morgan fingerprint density at radius 1 is 1.08 bits per heavy atom. The van der Waals surface area contributed by atoms with Crippen LogP contribution in [0.25, 0.3) is 0 Å². The molecule has 1 aliphatic rings. The monoisotopic (exact) mass is 378 g/mol. The molecule has 1 saturated heterocycles. The predicted octanol–water partition coefficient (Wildman–Crippen LogP) is 4.01. The van der Waals surface area contributed by atoms with Crippen molar-refractivity contribution in [1.29, 1.82) is 0 Å². The molecule has 0 unspecified atom stereocenters. The van der Waals surface area contributed by atoms with Crippen LogP contribution in [0.3, 0.4) is 0 Å². The SMILES string of the molecule is O=C(Cc1ccc(Cl)cc1)Nc1ccc(CN2CCOCC2)c(Cl)c1. The van der Waals surface area contributed by atoms with Crippen molar-refractivity contribution in [3.05, 3.63) is 63.6 Å². The van der Waals surface area contributed by atoms with Crippen LogP contribution in [-0.4, -0.2) is 37.1 Å². The lowest BCUT2D eigenvalue weighted by molar-refractivity contribution is -0.115. The zero-order chi connectivity index (χ0) is 17.6. The number of anilines is 1. The minimum absolute atomic E-state index is 0.0840. The molecule has 0 aliphatic carbocycles. The van der Waals surface area contributed by atoms with Gasteiger partial charge < -0.3 is 10.1 Å². The molecule has 3 rings (SSSR count). The number of carbonyl (C=O) groups is 1. The van der Waals surface area contributed by atoms with Crippen molar-refractivity contribution >= 4 is 34.8 Å². The molecule has 6 heteroatoms. The van der Waals surface area contributed by atoms with Gasteiger partial charge in [0, 0.05) is 35.4 Å². The van der Waals surface area contributed by atoms with Crippen molar-refractivity contribution < 1.29 is 9.53 Å². The smallest absolute Gasteiger partial charge is 0.228 e. The number of morpholine rings is 1. The first-order chi connectivity index (χ1) is 12.1. The Bertz CT molecular complexity index is 729. The Labute approximate surface area is 157 Å². The van der Waals surface area contributed by atoms with Gasteiger partial charge in [-0.2, -0.15) is 0 Å². The third-order valence-electron chi connectivity index (χ3n) is 4.11. The molecule has 132 valence electrons. The Hall–Kier alpha value is -1.59. The number of carbonyl (C=O) groups excluding carboxylic acids is 1. The summed E-state index contributed by atoms with van der Waals surface area (Å²) < 4.78 is 5.36. The first kappa shape index (κ1) is 18.2. The van der Waals surface area contributed by atoms with Gasteiger partial charge >= 0.3 is 0 Å². The molecule has 1 fully saturated rings. The van der Waals surface area contributed by atoms with Crippen molar-refractivity contribution in [3.63, 3.8) is 0 Å². The standard InChI is InChI=1S/C19H20Cl2N2O2/c20-16-4-1-14(2-5-16)11-19(24)22-17-6-3-15(18(21)12-17)13-23-7-9-25-10-8-23/h1-6,12H,7-11,13H2,(H,22,24). The summed E-state index contributed by atoms with van der Waals surface area (Å²) in [6.07, 6.45) is 0.296. The Balaban J connectivity index is 1.58. The topological polar surface area (TPSA) is 41.6 Å². The first-order valence-electron chi connectivity index (χ1n) is 8.23. The first-order valence-corrected chi connectivity index (χ1v) is 8.98. The van der Waals surface area contributed by atoms with Crippen LogP contribution in [-0.2, 0) is 22.5 Å². The number of nitrogens with zero attached hydrogens (tertiary/aromatic N) is 1. The molecular weight excluding hydrogens is 359 g/mol. The van der Waals surface area contributed by atoms with E-state index in [4.69, 9.17) is 27.9 Å². The molecule has 1 heterocycles. The van der Waals surface area contributed by atoms with Crippen LogP contribution in [0.4, 0.5) is 5.69 Å². The van der Waals surface area contributed by atoms with E-state index in [0.717, 1.165) is 44.0 Å². The second kappa shape index (κ2) is 8.68. The summed E-state index contributed by atoms with van der Waals surface area (Å²) in [6.45, 7) is 4.14. The highest BCUT2D eigenvalue weighted by molar-refractivity contribution is 6.31. The molecule has 0 aromatic heterocycles. The number of rotatable bonds is 5. The molecule has 0 spiro atoms. The average molecular weight is 379 g/mol. The molecule has 0 saturated carbocycles. The van der Waals surface area contributed by atoms with Gasteiger partial charge in [-0.05, 0) is 35.4 Å². The number of amides is 1. The van der Waals surface area contributed by atoms with E-state index < -0.39 is 0 Å². The van der Waals surface area contributed by atoms with Gasteiger partial charge in [0.1, 0.15) is 0 Å². The van der Waals surface area contributed by atoms with Gasteiger partial charge in [-0.25, -0.2) is 0 Å². The number of hydrogen-bond acceptors (Lipinski definition) is 3. The summed E-state index contributed by atoms with van der Waals surface area (Å²) in [7, 11) is 0. The molecule has 2 aromatic carbocycles. The largest absolute Gasteiger partial charge is 0.379 e. The van der Waals surface area contributed by atoms with E-state index in [9.17, 15) is 4.79 Å². The van der Waals surface area contributed by atoms with Crippen molar-refractivity contribution in [2.75, 3.05) is 31.6 Å². The second-order valence-electron chi connectivity index (χ2n) is 6.05. The van der Waals surface area contributed by atoms with E-state index in [0.29, 0.717) is 22.2 Å². The summed E-state index contributed by atoms with van der Waals surface area (Å²) in [5.41, 5.74) is 2.67. The Morgan fingerprint density at radius 2 is 1.80 bits per heavy atom. The third-order valence-corrected chi connectivity index (χ3v) is 4.72. The number of hydrogen-bond donors (Lipinski definition) is 1. The molecule has 0 radical (unpaired) electrons. The summed E-state index contributed by atoms with van der Waals surface area (Å²) in [5.74, 6) is -0.0840. The third kappa shape index (κ3) is 5.44.